The van der Waals surface area contributed by atoms with E-state index < -0.39 is 11.9 Å². The number of hydrogen-bond donors (Lipinski definition) is 1. The van der Waals surface area contributed by atoms with Crippen molar-refractivity contribution in [1.29, 1.82) is 0 Å². The maximum Gasteiger partial charge on any atom is 0.331 e. The highest BCUT2D eigenvalue weighted by Crippen LogP contribution is 2.13. The molecule has 1 amide bonds. The Kier molecular flexibility index (Phi) is 5.38. The molecular formula is C16H14ClNO4. The van der Waals surface area contributed by atoms with Crippen LogP contribution in [0.2, 0.25) is 5.02 Å². The normalized spacial score (nSPS) is 10.6. The molecule has 1 heterocycles. The SMILES string of the molecule is Cc1ccc(C=CC(=O)OCC(=O)Nc2ccc(Cl)cc2)o1. The molecule has 2 aromatic rings. The minimum atomic E-state index is -0.625. The number of nitrogens with one attached hydrogen (secondary N) is 1. The highest BCUT2D eigenvalue weighted by molar-refractivity contribution is 6.30. The van der Waals surface area contributed by atoms with Gasteiger partial charge in [-0.2, -0.15) is 0 Å². The number of benzene rings is 1. The Hall–Kier alpha value is -2.53. The lowest BCUT2D eigenvalue weighted by molar-refractivity contribution is -0.142. The predicted octanol–water partition coefficient (Wildman–Crippen LogP) is 3.44. The van der Waals surface area contributed by atoms with Gasteiger partial charge in [0.2, 0.25) is 0 Å². The summed E-state index contributed by atoms with van der Waals surface area (Å²) in [5, 5.41) is 3.16. The Bertz CT molecular complexity index is 688. The molecule has 6 heteroatoms. The number of furan rings is 1. The van der Waals surface area contributed by atoms with E-state index in [0.29, 0.717) is 16.5 Å². The van der Waals surface area contributed by atoms with Crippen LogP contribution in [0, 0.1) is 6.92 Å². The van der Waals surface area contributed by atoms with Crippen molar-refractivity contribution in [2.75, 3.05) is 11.9 Å². The van der Waals surface area contributed by atoms with E-state index >= 15 is 0 Å². The summed E-state index contributed by atoms with van der Waals surface area (Å²) >= 11 is 5.74. The van der Waals surface area contributed by atoms with Crippen molar-refractivity contribution in [2.24, 2.45) is 0 Å². The van der Waals surface area contributed by atoms with Gasteiger partial charge in [0, 0.05) is 16.8 Å². The number of esters is 1. The van der Waals surface area contributed by atoms with Crippen LogP contribution in [0.25, 0.3) is 6.08 Å². The van der Waals surface area contributed by atoms with Gasteiger partial charge in [0.1, 0.15) is 11.5 Å². The monoisotopic (exact) mass is 319 g/mol. The van der Waals surface area contributed by atoms with Crippen molar-refractivity contribution in [2.45, 2.75) is 6.92 Å². The summed E-state index contributed by atoms with van der Waals surface area (Å²) in [6.07, 6.45) is 2.68. The first-order chi connectivity index (χ1) is 10.5. The summed E-state index contributed by atoms with van der Waals surface area (Å²) in [4.78, 5) is 23.1. The number of ether oxygens (including phenoxy) is 1. The third-order valence-electron chi connectivity index (χ3n) is 2.62. The van der Waals surface area contributed by atoms with E-state index in [1.165, 1.54) is 12.2 Å². The van der Waals surface area contributed by atoms with Gasteiger partial charge in [-0.05, 0) is 49.4 Å². The Morgan fingerprint density at radius 2 is 1.95 bits per heavy atom. The molecular weight excluding hydrogens is 306 g/mol. The number of carbonyl (C=O) groups excluding carboxylic acids is 2. The van der Waals surface area contributed by atoms with Gasteiger partial charge in [0.05, 0.1) is 0 Å². The van der Waals surface area contributed by atoms with Gasteiger partial charge in [-0.1, -0.05) is 11.6 Å². The fourth-order valence-electron chi connectivity index (χ4n) is 1.61. The van der Waals surface area contributed by atoms with Crippen LogP contribution >= 0.6 is 11.6 Å². The van der Waals surface area contributed by atoms with Crippen LogP contribution in [0.15, 0.2) is 46.9 Å². The topological polar surface area (TPSA) is 68.5 Å². The zero-order chi connectivity index (χ0) is 15.9. The minimum Gasteiger partial charge on any atom is -0.462 e. The molecule has 1 aromatic carbocycles. The lowest BCUT2D eigenvalue weighted by Gasteiger charge is -2.05. The highest BCUT2D eigenvalue weighted by Gasteiger charge is 2.06. The molecule has 0 aliphatic heterocycles. The molecule has 0 spiro atoms. The maximum atomic E-state index is 11.6. The van der Waals surface area contributed by atoms with Gasteiger partial charge in [-0.25, -0.2) is 4.79 Å². The van der Waals surface area contributed by atoms with Crippen molar-refractivity contribution in [1.82, 2.24) is 0 Å². The quantitative estimate of drug-likeness (QED) is 0.677. The van der Waals surface area contributed by atoms with Crippen LogP contribution in [0.3, 0.4) is 0 Å². The molecule has 2 rings (SSSR count). The van der Waals surface area contributed by atoms with E-state index in [-0.39, 0.29) is 6.61 Å². The third-order valence-corrected chi connectivity index (χ3v) is 2.87. The van der Waals surface area contributed by atoms with Crippen LogP contribution in [0.4, 0.5) is 5.69 Å². The molecule has 0 radical (unpaired) electrons. The summed E-state index contributed by atoms with van der Waals surface area (Å²) in [6.45, 7) is 1.43. The molecule has 114 valence electrons. The molecule has 5 nitrogen and oxygen atoms in total. The standard InChI is InChI=1S/C16H14ClNO4/c1-11-2-7-14(22-11)8-9-16(20)21-10-15(19)18-13-5-3-12(17)4-6-13/h2-9H,10H2,1H3,(H,18,19). The molecule has 0 fully saturated rings. The summed E-state index contributed by atoms with van der Waals surface area (Å²) in [6, 6.07) is 10.1. The van der Waals surface area contributed by atoms with E-state index in [9.17, 15) is 9.59 Å². The minimum absolute atomic E-state index is 0.372. The maximum absolute atomic E-state index is 11.6. The molecule has 22 heavy (non-hydrogen) atoms. The Morgan fingerprint density at radius 3 is 2.59 bits per heavy atom. The summed E-state index contributed by atoms with van der Waals surface area (Å²) in [7, 11) is 0. The van der Waals surface area contributed by atoms with E-state index in [0.717, 1.165) is 5.76 Å². The van der Waals surface area contributed by atoms with Gasteiger partial charge in [-0.3, -0.25) is 4.79 Å². The first-order valence-corrected chi connectivity index (χ1v) is 6.87. The second-order valence-electron chi connectivity index (χ2n) is 4.44. The number of aryl methyl sites for hydroxylation is 1. The van der Waals surface area contributed by atoms with E-state index in [4.69, 9.17) is 20.8 Å². The first kappa shape index (κ1) is 15.9. The van der Waals surface area contributed by atoms with Crippen LogP contribution in [-0.2, 0) is 14.3 Å². The van der Waals surface area contributed by atoms with Crippen molar-refractivity contribution >= 4 is 35.2 Å². The van der Waals surface area contributed by atoms with Crippen molar-refractivity contribution < 1.29 is 18.7 Å². The summed E-state index contributed by atoms with van der Waals surface area (Å²) < 4.78 is 10.1. The molecule has 0 saturated heterocycles. The Balaban J connectivity index is 1.77. The molecule has 1 N–H and O–H groups in total. The Labute approximate surface area is 132 Å². The third kappa shape index (κ3) is 5.10. The van der Waals surface area contributed by atoms with Crippen LogP contribution in [0.1, 0.15) is 11.5 Å². The molecule has 0 aliphatic carbocycles. The first-order valence-electron chi connectivity index (χ1n) is 6.49. The van der Waals surface area contributed by atoms with E-state index in [1.54, 1.807) is 43.3 Å². The summed E-state index contributed by atoms with van der Waals surface area (Å²) in [5.74, 6) is 0.230. The number of halogens is 1. The summed E-state index contributed by atoms with van der Waals surface area (Å²) in [5.41, 5.74) is 0.576. The lowest BCUT2D eigenvalue weighted by Crippen LogP contribution is -2.20. The number of hydrogen-bond acceptors (Lipinski definition) is 4. The van der Waals surface area contributed by atoms with Gasteiger partial charge >= 0.3 is 5.97 Å². The van der Waals surface area contributed by atoms with Gasteiger partial charge < -0.3 is 14.5 Å². The molecule has 0 saturated carbocycles. The molecule has 0 bridgehead atoms. The fraction of sp³-hybridized carbons (Fsp3) is 0.125. The fourth-order valence-corrected chi connectivity index (χ4v) is 1.73. The second-order valence-corrected chi connectivity index (χ2v) is 4.88. The molecule has 0 atom stereocenters. The van der Waals surface area contributed by atoms with Gasteiger partial charge in [0.15, 0.2) is 6.61 Å². The number of amides is 1. The zero-order valence-corrected chi connectivity index (χ0v) is 12.6. The van der Waals surface area contributed by atoms with Gasteiger partial charge in [0.25, 0.3) is 5.91 Å². The number of carbonyl (C=O) groups is 2. The largest absolute Gasteiger partial charge is 0.462 e. The van der Waals surface area contributed by atoms with Crippen LogP contribution in [0.5, 0.6) is 0 Å². The van der Waals surface area contributed by atoms with Gasteiger partial charge in [-0.15, -0.1) is 0 Å². The average molecular weight is 320 g/mol. The molecule has 0 aliphatic rings. The smallest absolute Gasteiger partial charge is 0.331 e. The number of rotatable bonds is 5. The Morgan fingerprint density at radius 1 is 1.23 bits per heavy atom. The van der Waals surface area contributed by atoms with Crippen LogP contribution in [-0.4, -0.2) is 18.5 Å². The van der Waals surface area contributed by atoms with Crippen molar-refractivity contribution in [3.63, 3.8) is 0 Å². The average Bonchev–Trinajstić information content (AvgIpc) is 2.91. The van der Waals surface area contributed by atoms with Crippen molar-refractivity contribution in [3.05, 3.63) is 59.0 Å². The highest BCUT2D eigenvalue weighted by atomic mass is 35.5. The second kappa shape index (κ2) is 7.47. The lowest BCUT2D eigenvalue weighted by atomic mass is 10.3. The van der Waals surface area contributed by atoms with E-state index in [2.05, 4.69) is 5.32 Å². The molecule has 0 unspecified atom stereocenters. The molecule has 1 aromatic heterocycles. The zero-order valence-electron chi connectivity index (χ0n) is 11.8. The number of anilines is 1. The van der Waals surface area contributed by atoms with Crippen molar-refractivity contribution in [3.8, 4) is 0 Å². The predicted molar refractivity (Wildman–Crippen MR) is 83.5 cm³/mol. The van der Waals surface area contributed by atoms with Crippen LogP contribution < -0.4 is 5.32 Å². The van der Waals surface area contributed by atoms with E-state index in [1.807, 2.05) is 0 Å².